The summed E-state index contributed by atoms with van der Waals surface area (Å²) in [4.78, 5) is 11.7. The number of halogens is 4. The number of nitrogens with one attached hydrogen (secondary N) is 1. The Morgan fingerprint density at radius 2 is 2.05 bits per heavy atom. The van der Waals surface area contributed by atoms with Gasteiger partial charge in [-0.1, -0.05) is 27.3 Å². The fourth-order valence-electron chi connectivity index (χ4n) is 1.33. The van der Waals surface area contributed by atoms with Crippen molar-refractivity contribution in [1.82, 2.24) is 10.2 Å². The Morgan fingerprint density at radius 1 is 1.35 bits per heavy atom. The highest BCUT2D eigenvalue weighted by Gasteiger charge is 2.33. The molecule has 1 amide bonds. The molecule has 0 spiro atoms. The summed E-state index contributed by atoms with van der Waals surface area (Å²) >= 11 is 3.65. The number of carbonyl (C=O) groups excluding carboxylic acids is 1. The molecule has 1 aromatic carbocycles. The molecule has 5 nitrogen and oxygen atoms in total. The van der Waals surface area contributed by atoms with Gasteiger partial charge in [0, 0.05) is 10.2 Å². The van der Waals surface area contributed by atoms with Gasteiger partial charge in [-0.2, -0.15) is 13.2 Å². The highest BCUT2D eigenvalue weighted by atomic mass is 79.9. The van der Waals surface area contributed by atoms with Gasteiger partial charge >= 0.3 is 6.18 Å². The summed E-state index contributed by atoms with van der Waals surface area (Å²) in [5.41, 5.74) is 4.44. The van der Waals surface area contributed by atoms with Crippen molar-refractivity contribution in [1.29, 1.82) is 0 Å². The number of aromatic nitrogens is 2. The molecule has 0 saturated carbocycles. The lowest BCUT2D eigenvalue weighted by Crippen LogP contribution is -2.13. The molecule has 0 aliphatic carbocycles. The monoisotopic (exact) mass is 366 g/mol. The number of alkyl halides is 3. The third-order valence-electron chi connectivity index (χ3n) is 2.16. The van der Waals surface area contributed by atoms with Gasteiger partial charge in [0.1, 0.15) is 0 Å². The number of hydrogen-bond acceptors (Lipinski definition) is 5. The van der Waals surface area contributed by atoms with Crippen molar-refractivity contribution in [2.45, 2.75) is 6.18 Å². The lowest BCUT2D eigenvalue weighted by Gasteiger charge is -2.11. The molecule has 2 aromatic rings. The molecule has 0 saturated heterocycles. The molecule has 106 valence electrons. The van der Waals surface area contributed by atoms with Crippen LogP contribution >= 0.6 is 27.3 Å². The van der Waals surface area contributed by atoms with Gasteiger partial charge in [-0.25, -0.2) is 0 Å². The summed E-state index contributed by atoms with van der Waals surface area (Å²) in [6.45, 7) is 0. The van der Waals surface area contributed by atoms with Crippen LogP contribution in [0.15, 0.2) is 22.7 Å². The van der Waals surface area contributed by atoms with E-state index in [0.717, 1.165) is 17.4 Å². The third-order valence-corrected chi connectivity index (χ3v) is 3.61. The lowest BCUT2D eigenvalue weighted by molar-refractivity contribution is -0.138. The maximum absolute atomic E-state index is 12.7. The van der Waals surface area contributed by atoms with Crippen LogP contribution in [0, 0.1) is 0 Å². The van der Waals surface area contributed by atoms with Crippen LogP contribution in [0.25, 0.3) is 0 Å². The van der Waals surface area contributed by atoms with Crippen LogP contribution in [0.5, 0.6) is 0 Å². The Kier molecular flexibility index (Phi) is 3.95. The molecule has 2 rings (SSSR count). The average Bonchev–Trinajstić information content (AvgIpc) is 2.77. The minimum absolute atomic E-state index is 0.000651. The smallest absolute Gasteiger partial charge is 0.374 e. The van der Waals surface area contributed by atoms with Crippen LogP contribution in [0.1, 0.15) is 15.4 Å². The predicted octanol–water partition coefficient (Wildman–Crippen LogP) is 3.15. The molecular weight excluding hydrogens is 361 g/mol. The number of nitrogen functional groups attached to an aromatic ring is 1. The standard InChI is InChI=1S/C10H6BrF3N4OS/c11-6-2-1-4(3-5(6)10(12,13)14)16-7(19)8-17-18-9(15)20-8/h1-3H,(H2,15,18)(H,16,19). The van der Waals surface area contributed by atoms with Gasteiger partial charge in [-0.3, -0.25) is 4.79 Å². The van der Waals surface area contributed by atoms with Crippen molar-refractivity contribution in [3.63, 3.8) is 0 Å². The molecular formula is C10H6BrF3N4OS. The second kappa shape index (κ2) is 5.37. The SMILES string of the molecule is Nc1nnc(C(=O)Nc2ccc(Br)c(C(F)(F)F)c2)s1. The maximum Gasteiger partial charge on any atom is 0.417 e. The molecule has 0 bridgehead atoms. The molecule has 0 atom stereocenters. The van der Waals surface area contributed by atoms with E-state index in [9.17, 15) is 18.0 Å². The summed E-state index contributed by atoms with van der Waals surface area (Å²) in [6.07, 6.45) is -4.52. The van der Waals surface area contributed by atoms with Gasteiger partial charge in [0.05, 0.1) is 5.56 Å². The maximum atomic E-state index is 12.7. The molecule has 0 radical (unpaired) electrons. The van der Waals surface area contributed by atoms with E-state index < -0.39 is 17.6 Å². The summed E-state index contributed by atoms with van der Waals surface area (Å²) < 4.78 is 38.0. The first-order chi connectivity index (χ1) is 9.27. The molecule has 0 aliphatic heterocycles. The highest BCUT2D eigenvalue weighted by Crippen LogP contribution is 2.36. The minimum atomic E-state index is -4.52. The summed E-state index contributed by atoms with van der Waals surface area (Å²) in [5.74, 6) is -0.672. The number of rotatable bonds is 2. The summed E-state index contributed by atoms with van der Waals surface area (Å²) in [7, 11) is 0. The van der Waals surface area contributed by atoms with E-state index in [4.69, 9.17) is 5.73 Å². The normalized spacial score (nSPS) is 11.4. The van der Waals surface area contributed by atoms with Crippen LogP contribution in [0.2, 0.25) is 0 Å². The molecule has 3 N–H and O–H groups in total. The zero-order chi connectivity index (χ0) is 14.9. The molecule has 0 aliphatic rings. The quantitative estimate of drug-likeness (QED) is 0.855. The lowest BCUT2D eigenvalue weighted by atomic mass is 10.2. The second-order valence-corrected chi connectivity index (χ2v) is 5.46. The van der Waals surface area contributed by atoms with Crippen molar-refractivity contribution in [3.8, 4) is 0 Å². The fourth-order valence-corrected chi connectivity index (χ4v) is 2.31. The zero-order valence-electron chi connectivity index (χ0n) is 9.53. The van der Waals surface area contributed by atoms with Crippen molar-refractivity contribution in [3.05, 3.63) is 33.2 Å². The minimum Gasteiger partial charge on any atom is -0.374 e. The Hall–Kier alpha value is -1.68. The van der Waals surface area contributed by atoms with E-state index >= 15 is 0 Å². The number of amides is 1. The highest BCUT2D eigenvalue weighted by molar-refractivity contribution is 9.10. The largest absolute Gasteiger partial charge is 0.417 e. The Balaban J connectivity index is 2.24. The first kappa shape index (κ1) is 14.7. The van der Waals surface area contributed by atoms with E-state index in [1.807, 2.05) is 0 Å². The molecule has 10 heteroatoms. The van der Waals surface area contributed by atoms with Gasteiger partial charge in [0.15, 0.2) is 0 Å². The van der Waals surface area contributed by atoms with Gasteiger partial charge in [0.2, 0.25) is 10.1 Å². The zero-order valence-corrected chi connectivity index (χ0v) is 11.9. The molecule has 0 fully saturated rings. The molecule has 20 heavy (non-hydrogen) atoms. The Labute approximate surface area is 123 Å². The molecule has 1 heterocycles. The number of anilines is 2. The van der Waals surface area contributed by atoms with Crippen LogP contribution in [-0.2, 0) is 6.18 Å². The molecule has 1 aromatic heterocycles. The summed E-state index contributed by atoms with van der Waals surface area (Å²) in [6, 6.07) is 3.36. The van der Waals surface area contributed by atoms with E-state index in [0.29, 0.717) is 0 Å². The number of benzene rings is 1. The number of nitrogens with two attached hydrogens (primary N) is 1. The predicted molar refractivity (Wildman–Crippen MR) is 71.4 cm³/mol. The van der Waals surface area contributed by atoms with E-state index in [1.54, 1.807) is 0 Å². The topological polar surface area (TPSA) is 80.9 Å². The van der Waals surface area contributed by atoms with Crippen molar-refractivity contribution in [2.75, 3.05) is 11.1 Å². The van der Waals surface area contributed by atoms with Gasteiger partial charge in [0.25, 0.3) is 5.91 Å². The third kappa shape index (κ3) is 3.25. The van der Waals surface area contributed by atoms with Crippen LogP contribution in [0.4, 0.5) is 24.0 Å². The van der Waals surface area contributed by atoms with Gasteiger partial charge in [-0.15, -0.1) is 10.2 Å². The number of carbonyl (C=O) groups is 1. The summed E-state index contributed by atoms with van der Waals surface area (Å²) in [5, 5.41) is 9.32. The second-order valence-electron chi connectivity index (χ2n) is 3.59. The molecule has 0 unspecified atom stereocenters. The number of hydrogen-bond donors (Lipinski definition) is 2. The van der Waals surface area contributed by atoms with E-state index in [-0.39, 0.29) is 20.3 Å². The van der Waals surface area contributed by atoms with Crippen LogP contribution in [0.3, 0.4) is 0 Å². The van der Waals surface area contributed by atoms with E-state index in [2.05, 4.69) is 31.4 Å². The fraction of sp³-hybridized carbons (Fsp3) is 0.100. The van der Waals surface area contributed by atoms with Gasteiger partial charge in [-0.05, 0) is 18.2 Å². The van der Waals surface area contributed by atoms with Crippen molar-refractivity contribution >= 4 is 44.0 Å². The van der Waals surface area contributed by atoms with Crippen molar-refractivity contribution < 1.29 is 18.0 Å². The van der Waals surface area contributed by atoms with Crippen molar-refractivity contribution in [2.24, 2.45) is 0 Å². The number of nitrogens with zero attached hydrogens (tertiary/aromatic N) is 2. The Bertz CT molecular complexity index is 658. The first-order valence-electron chi connectivity index (χ1n) is 5.04. The van der Waals surface area contributed by atoms with Crippen LogP contribution in [-0.4, -0.2) is 16.1 Å². The first-order valence-corrected chi connectivity index (χ1v) is 6.65. The average molecular weight is 367 g/mol. The Morgan fingerprint density at radius 3 is 2.60 bits per heavy atom. The van der Waals surface area contributed by atoms with Gasteiger partial charge < -0.3 is 11.1 Å². The van der Waals surface area contributed by atoms with Crippen LogP contribution < -0.4 is 11.1 Å². The van der Waals surface area contributed by atoms with E-state index in [1.165, 1.54) is 12.1 Å².